The summed E-state index contributed by atoms with van der Waals surface area (Å²) in [7, 11) is 0. The van der Waals surface area contributed by atoms with Gasteiger partial charge in [-0.15, -0.1) is 0 Å². The number of rotatable bonds is 17. The summed E-state index contributed by atoms with van der Waals surface area (Å²) in [6.45, 7) is 3.75. The summed E-state index contributed by atoms with van der Waals surface area (Å²) >= 11 is 1.46. The number of carboxylic acid groups (broad SMARTS) is 1. The Kier molecular flexibility index (Phi) is 12.9. The highest BCUT2D eigenvalue weighted by molar-refractivity contribution is 7.98. The monoisotopic (exact) mass is 576 g/mol. The van der Waals surface area contributed by atoms with Gasteiger partial charge in [0, 0.05) is 29.9 Å². The first-order chi connectivity index (χ1) is 18.9. The Balaban J connectivity index is 2.28. The largest absolute Gasteiger partial charge is 0.480 e. The van der Waals surface area contributed by atoms with Crippen molar-refractivity contribution in [2.24, 2.45) is 17.4 Å². The number of amides is 4. The van der Waals surface area contributed by atoms with Crippen LogP contribution in [0.2, 0.25) is 0 Å². The molecule has 1 aromatic heterocycles. The molecule has 0 spiro atoms. The second kappa shape index (κ2) is 15.9. The molecule has 0 aliphatic carbocycles. The molecule has 2 aromatic rings. The van der Waals surface area contributed by atoms with E-state index >= 15 is 0 Å². The fraction of sp³-hybridized carbons (Fsp3) is 0.519. The van der Waals surface area contributed by atoms with E-state index in [1.54, 1.807) is 6.20 Å². The number of aromatic amines is 1. The van der Waals surface area contributed by atoms with Crippen LogP contribution in [0.3, 0.4) is 0 Å². The normalized spacial score (nSPS) is 14.2. The Morgan fingerprint density at radius 1 is 0.950 bits per heavy atom. The second-order valence-corrected chi connectivity index (χ2v) is 11.1. The van der Waals surface area contributed by atoms with Gasteiger partial charge in [-0.25, -0.2) is 4.79 Å². The minimum Gasteiger partial charge on any atom is -0.480 e. The van der Waals surface area contributed by atoms with Crippen LogP contribution in [0.1, 0.15) is 45.1 Å². The van der Waals surface area contributed by atoms with Crippen molar-refractivity contribution < 1.29 is 29.1 Å². The van der Waals surface area contributed by atoms with Crippen LogP contribution in [0.5, 0.6) is 0 Å². The average molecular weight is 577 g/mol. The van der Waals surface area contributed by atoms with E-state index in [0.29, 0.717) is 5.75 Å². The van der Waals surface area contributed by atoms with Gasteiger partial charge < -0.3 is 37.5 Å². The average Bonchev–Trinajstić information content (AvgIpc) is 3.30. The Labute approximate surface area is 237 Å². The number of nitrogens with one attached hydrogen (secondary N) is 4. The van der Waals surface area contributed by atoms with Crippen molar-refractivity contribution in [3.63, 3.8) is 0 Å². The van der Waals surface area contributed by atoms with Gasteiger partial charge in [0.25, 0.3) is 0 Å². The molecule has 4 atom stereocenters. The molecule has 4 unspecified atom stereocenters. The predicted molar refractivity (Wildman–Crippen MR) is 154 cm³/mol. The number of primary amides is 1. The van der Waals surface area contributed by atoms with Crippen molar-refractivity contribution in [2.75, 3.05) is 12.0 Å². The quantitative estimate of drug-likeness (QED) is 0.142. The molecule has 13 heteroatoms. The van der Waals surface area contributed by atoms with Crippen molar-refractivity contribution in [1.82, 2.24) is 20.9 Å². The number of benzene rings is 1. The van der Waals surface area contributed by atoms with E-state index in [-0.39, 0.29) is 38.0 Å². The van der Waals surface area contributed by atoms with Gasteiger partial charge in [-0.1, -0.05) is 32.0 Å². The van der Waals surface area contributed by atoms with Crippen LogP contribution in [-0.4, -0.2) is 75.9 Å². The summed E-state index contributed by atoms with van der Waals surface area (Å²) in [5.41, 5.74) is 12.7. The predicted octanol–water partition coefficient (Wildman–Crippen LogP) is 0.641. The Bertz CT molecular complexity index is 1190. The van der Waals surface area contributed by atoms with Crippen molar-refractivity contribution in [1.29, 1.82) is 0 Å². The minimum absolute atomic E-state index is 0.00518. The third-order valence-corrected chi connectivity index (χ3v) is 6.98. The molecule has 0 fully saturated rings. The molecule has 9 N–H and O–H groups in total. The number of aromatic nitrogens is 1. The molecule has 0 saturated carbocycles. The third kappa shape index (κ3) is 10.2. The van der Waals surface area contributed by atoms with E-state index < -0.39 is 53.8 Å². The molecule has 1 heterocycles. The SMILES string of the molecule is CSCCC(NC(=O)C(CC(C)C)NC(=O)C(Cc1c[nH]c2ccccc12)NC(=O)C(N)CCC(N)=O)C(=O)O. The number of aliphatic carboxylic acids is 1. The summed E-state index contributed by atoms with van der Waals surface area (Å²) in [5.74, 6) is -3.12. The third-order valence-electron chi connectivity index (χ3n) is 6.34. The van der Waals surface area contributed by atoms with Crippen molar-refractivity contribution >= 4 is 52.3 Å². The number of fused-ring (bicyclic) bond motifs is 1. The highest BCUT2D eigenvalue weighted by Gasteiger charge is 2.31. The Morgan fingerprint density at radius 3 is 2.20 bits per heavy atom. The molecular formula is C27H40N6O6S. The first-order valence-corrected chi connectivity index (χ1v) is 14.5. The van der Waals surface area contributed by atoms with Crippen LogP contribution in [-0.2, 0) is 30.4 Å². The van der Waals surface area contributed by atoms with Crippen LogP contribution in [0, 0.1) is 5.92 Å². The second-order valence-electron chi connectivity index (χ2n) is 10.1. The maximum absolute atomic E-state index is 13.6. The summed E-state index contributed by atoms with van der Waals surface area (Å²) < 4.78 is 0. The molecule has 0 aliphatic rings. The van der Waals surface area contributed by atoms with Crippen LogP contribution in [0.15, 0.2) is 30.5 Å². The van der Waals surface area contributed by atoms with Crippen molar-refractivity contribution in [2.45, 2.75) is 70.1 Å². The molecule has 4 amide bonds. The van der Waals surface area contributed by atoms with E-state index in [1.807, 2.05) is 44.4 Å². The van der Waals surface area contributed by atoms with E-state index in [4.69, 9.17) is 11.5 Å². The molecule has 0 radical (unpaired) electrons. The highest BCUT2D eigenvalue weighted by Crippen LogP contribution is 2.19. The molecule has 0 saturated heterocycles. The van der Waals surface area contributed by atoms with Crippen LogP contribution in [0.4, 0.5) is 0 Å². The minimum atomic E-state index is -1.16. The van der Waals surface area contributed by atoms with Gasteiger partial charge in [-0.2, -0.15) is 11.8 Å². The van der Waals surface area contributed by atoms with Gasteiger partial charge in [-0.05, 0) is 48.8 Å². The number of H-pyrrole nitrogens is 1. The highest BCUT2D eigenvalue weighted by atomic mass is 32.2. The van der Waals surface area contributed by atoms with Crippen LogP contribution >= 0.6 is 11.8 Å². The first kappa shape index (κ1) is 32.6. The van der Waals surface area contributed by atoms with Gasteiger partial charge in [0.05, 0.1) is 6.04 Å². The zero-order valence-corrected chi connectivity index (χ0v) is 23.9. The fourth-order valence-corrected chi connectivity index (χ4v) is 4.65. The smallest absolute Gasteiger partial charge is 0.326 e. The maximum Gasteiger partial charge on any atom is 0.326 e. The van der Waals surface area contributed by atoms with Gasteiger partial charge in [0.15, 0.2) is 0 Å². The summed E-state index contributed by atoms with van der Waals surface area (Å²) in [6.07, 6.45) is 4.06. The summed E-state index contributed by atoms with van der Waals surface area (Å²) in [4.78, 5) is 65.5. The van der Waals surface area contributed by atoms with Gasteiger partial charge in [-0.3, -0.25) is 19.2 Å². The van der Waals surface area contributed by atoms with Crippen LogP contribution in [0.25, 0.3) is 10.9 Å². The summed E-state index contributed by atoms with van der Waals surface area (Å²) in [5, 5.41) is 18.3. The van der Waals surface area contributed by atoms with Crippen molar-refractivity contribution in [3.05, 3.63) is 36.0 Å². The number of thioether (sulfide) groups is 1. The number of carbonyl (C=O) groups excluding carboxylic acids is 4. The molecular weight excluding hydrogens is 536 g/mol. The van der Waals surface area contributed by atoms with E-state index in [0.717, 1.165) is 16.5 Å². The molecule has 0 bridgehead atoms. The lowest BCUT2D eigenvalue weighted by atomic mass is 10.00. The fourth-order valence-electron chi connectivity index (χ4n) is 4.18. The number of para-hydroxylation sites is 1. The zero-order chi connectivity index (χ0) is 29.8. The standard InChI is InChI=1S/C27H40N6O6S/c1-15(2)12-21(25(36)31-20(27(38)39)10-11-40-3)33-26(37)22(32-24(35)18(28)8-9-23(29)34)13-16-14-30-19-7-5-4-6-17(16)19/h4-7,14-15,18,20-22,30H,8-13,28H2,1-3H3,(H2,29,34)(H,31,36)(H,32,35)(H,33,37)(H,38,39). The lowest BCUT2D eigenvalue weighted by Gasteiger charge is -2.26. The van der Waals surface area contributed by atoms with Gasteiger partial charge >= 0.3 is 5.97 Å². The number of carbonyl (C=O) groups is 5. The Hall–Kier alpha value is -3.58. The number of nitrogens with two attached hydrogens (primary N) is 2. The molecule has 40 heavy (non-hydrogen) atoms. The maximum atomic E-state index is 13.6. The summed E-state index contributed by atoms with van der Waals surface area (Å²) in [6, 6.07) is 3.16. The Morgan fingerprint density at radius 2 is 1.57 bits per heavy atom. The topological polar surface area (TPSA) is 210 Å². The molecule has 220 valence electrons. The van der Waals surface area contributed by atoms with E-state index in [1.165, 1.54) is 11.8 Å². The lowest BCUT2D eigenvalue weighted by Crippen LogP contribution is -2.58. The zero-order valence-electron chi connectivity index (χ0n) is 23.1. The first-order valence-electron chi connectivity index (χ1n) is 13.1. The molecule has 1 aromatic carbocycles. The van der Waals surface area contributed by atoms with E-state index in [2.05, 4.69) is 20.9 Å². The molecule has 2 rings (SSSR count). The van der Waals surface area contributed by atoms with E-state index in [9.17, 15) is 29.1 Å². The number of hydrogen-bond acceptors (Lipinski definition) is 7. The molecule has 12 nitrogen and oxygen atoms in total. The lowest BCUT2D eigenvalue weighted by molar-refractivity contribution is -0.142. The molecule has 0 aliphatic heterocycles. The number of carboxylic acids is 1. The van der Waals surface area contributed by atoms with Crippen molar-refractivity contribution in [3.8, 4) is 0 Å². The van der Waals surface area contributed by atoms with Crippen LogP contribution < -0.4 is 27.4 Å². The number of hydrogen-bond donors (Lipinski definition) is 7. The van der Waals surface area contributed by atoms with Gasteiger partial charge in [0.1, 0.15) is 18.1 Å². The van der Waals surface area contributed by atoms with Gasteiger partial charge in [0.2, 0.25) is 23.6 Å².